The number of aromatic nitrogens is 2. The number of pyridine rings is 1. The average Bonchev–Trinajstić information content (AvgIpc) is 3.50. The summed E-state index contributed by atoms with van der Waals surface area (Å²) in [6, 6.07) is 22.6. The molecule has 5 rings (SSSR count). The Morgan fingerprint density at radius 1 is 1.08 bits per heavy atom. The predicted molar refractivity (Wildman–Crippen MR) is 149 cm³/mol. The van der Waals surface area contributed by atoms with Crippen LogP contribution in [0.25, 0.3) is 5.69 Å². The van der Waals surface area contributed by atoms with Gasteiger partial charge >= 0.3 is 0 Å². The third-order valence-electron chi connectivity index (χ3n) is 6.66. The molecule has 7 nitrogen and oxygen atoms in total. The molecular formula is C29H29N5O2S. The summed E-state index contributed by atoms with van der Waals surface area (Å²) in [5.74, 6) is 0.148. The summed E-state index contributed by atoms with van der Waals surface area (Å²) in [6.45, 7) is 4.44. The van der Waals surface area contributed by atoms with Crippen LogP contribution in [-0.2, 0) is 4.79 Å². The van der Waals surface area contributed by atoms with Crippen molar-refractivity contribution in [3.8, 4) is 11.4 Å². The van der Waals surface area contributed by atoms with Gasteiger partial charge in [-0.2, -0.15) is 0 Å². The number of rotatable bonds is 7. The third-order valence-corrected chi connectivity index (χ3v) is 7.01. The van der Waals surface area contributed by atoms with Gasteiger partial charge in [-0.1, -0.05) is 18.2 Å². The van der Waals surface area contributed by atoms with Crippen LogP contribution in [0.2, 0.25) is 0 Å². The number of aromatic hydroxyl groups is 1. The number of carbonyl (C=O) groups is 1. The van der Waals surface area contributed by atoms with E-state index in [2.05, 4.69) is 31.2 Å². The van der Waals surface area contributed by atoms with E-state index in [-0.39, 0.29) is 30.2 Å². The Kier molecular flexibility index (Phi) is 6.92. The van der Waals surface area contributed by atoms with Gasteiger partial charge in [-0.05, 0) is 91.8 Å². The van der Waals surface area contributed by atoms with Gasteiger partial charge in [0.25, 0.3) is 0 Å². The van der Waals surface area contributed by atoms with E-state index in [4.69, 9.17) is 12.2 Å². The van der Waals surface area contributed by atoms with E-state index in [0.29, 0.717) is 11.7 Å². The van der Waals surface area contributed by atoms with Gasteiger partial charge in [0.1, 0.15) is 5.75 Å². The van der Waals surface area contributed by atoms with Gasteiger partial charge < -0.3 is 25.2 Å². The van der Waals surface area contributed by atoms with Crippen molar-refractivity contribution in [2.75, 3.05) is 11.9 Å². The van der Waals surface area contributed by atoms with Crippen molar-refractivity contribution in [1.29, 1.82) is 0 Å². The highest BCUT2D eigenvalue weighted by atomic mass is 32.1. The van der Waals surface area contributed by atoms with E-state index in [9.17, 15) is 9.90 Å². The summed E-state index contributed by atoms with van der Waals surface area (Å²) in [5.41, 5.74) is 5.75. The third kappa shape index (κ3) is 5.20. The van der Waals surface area contributed by atoms with Crippen LogP contribution in [0.15, 0.2) is 85.2 Å². The van der Waals surface area contributed by atoms with Crippen LogP contribution < -0.4 is 10.6 Å². The first-order valence-corrected chi connectivity index (χ1v) is 12.6. The topological polar surface area (TPSA) is 82.4 Å². The minimum atomic E-state index is -0.195. The molecule has 1 saturated heterocycles. The Labute approximate surface area is 221 Å². The number of carbonyl (C=O) groups excluding carboxylic acids is 1. The SMILES string of the molecule is Cc1ccc(C)c(NC(=O)CCN2C(=S)NC(c3ccccn3)C2c2cccn2-c2ccc(O)cc2)c1. The first kappa shape index (κ1) is 24.5. The molecule has 3 heterocycles. The van der Waals surface area contributed by atoms with E-state index in [0.717, 1.165) is 33.9 Å². The Balaban J connectivity index is 1.44. The number of benzene rings is 2. The molecule has 0 saturated carbocycles. The minimum absolute atomic E-state index is 0.0644. The predicted octanol–water partition coefficient (Wildman–Crippen LogP) is 5.20. The molecule has 37 heavy (non-hydrogen) atoms. The second kappa shape index (κ2) is 10.4. The molecule has 188 valence electrons. The summed E-state index contributed by atoms with van der Waals surface area (Å²) in [5, 5.41) is 16.9. The molecule has 8 heteroatoms. The zero-order chi connectivity index (χ0) is 25.9. The maximum Gasteiger partial charge on any atom is 0.226 e. The molecule has 1 fully saturated rings. The normalized spacial score (nSPS) is 17.0. The quantitative estimate of drug-likeness (QED) is 0.296. The molecule has 2 aromatic heterocycles. The van der Waals surface area contributed by atoms with Gasteiger partial charge in [0.05, 0.1) is 17.8 Å². The number of thiocarbonyl (C=S) groups is 1. The molecule has 0 radical (unpaired) electrons. The maximum atomic E-state index is 13.0. The second-order valence-electron chi connectivity index (χ2n) is 9.26. The Morgan fingerprint density at radius 3 is 2.65 bits per heavy atom. The van der Waals surface area contributed by atoms with Crippen LogP contribution in [0, 0.1) is 13.8 Å². The fraction of sp³-hybridized carbons (Fsp3) is 0.207. The molecule has 1 aliphatic rings. The number of nitrogens with one attached hydrogen (secondary N) is 2. The molecule has 3 N–H and O–H groups in total. The van der Waals surface area contributed by atoms with Crippen LogP contribution in [0.1, 0.15) is 41.0 Å². The molecular weight excluding hydrogens is 482 g/mol. The minimum Gasteiger partial charge on any atom is -0.508 e. The number of phenols is 1. The van der Waals surface area contributed by atoms with E-state index in [1.54, 1.807) is 18.3 Å². The van der Waals surface area contributed by atoms with Gasteiger partial charge in [-0.15, -0.1) is 0 Å². The van der Waals surface area contributed by atoms with E-state index in [1.165, 1.54) is 0 Å². The van der Waals surface area contributed by atoms with Crippen LogP contribution in [-0.4, -0.2) is 37.1 Å². The number of hydrogen-bond acceptors (Lipinski definition) is 4. The lowest BCUT2D eigenvalue weighted by Gasteiger charge is -2.29. The average molecular weight is 512 g/mol. The lowest BCUT2D eigenvalue weighted by molar-refractivity contribution is -0.116. The van der Waals surface area contributed by atoms with Crippen LogP contribution in [0.3, 0.4) is 0 Å². The lowest BCUT2D eigenvalue weighted by atomic mass is 10.0. The molecule has 2 unspecified atom stereocenters. The largest absolute Gasteiger partial charge is 0.508 e. The van der Waals surface area contributed by atoms with Crippen molar-refractivity contribution in [3.05, 3.63) is 108 Å². The molecule has 2 aromatic carbocycles. The second-order valence-corrected chi connectivity index (χ2v) is 9.64. The van der Waals surface area contributed by atoms with Crippen molar-refractivity contribution in [2.45, 2.75) is 32.4 Å². The van der Waals surface area contributed by atoms with Gasteiger partial charge in [0.15, 0.2) is 5.11 Å². The van der Waals surface area contributed by atoms with Gasteiger partial charge in [0, 0.05) is 42.4 Å². The van der Waals surface area contributed by atoms with Crippen LogP contribution in [0.4, 0.5) is 5.69 Å². The maximum absolute atomic E-state index is 13.0. The summed E-state index contributed by atoms with van der Waals surface area (Å²) < 4.78 is 2.08. The monoisotopic (exact) mass is 511 g/mol. The Hall–Kier alpha value is -4.17. The van der Waals surface area contributed by atoms with Crippen molar-refractivity contribution in [1.82, 2.24) is 19.8 Å². The number of anilines is 1. The van der Waals surface area contributed by atoms with Crippen LogP contribution in [0.5, 0.6) is 5.75 Å². The highest BCUT2D eigenvalue weighted by molar-refractivity contribution is 7.80. The van der Waals surface area contributed by atoms with E-state index < -0.39 is 0 Å². The van der Waals surface area contributed by atoms with Crippen molar-refractivity contribution < 1.29 is 9.90 Å². The summed E-state index contributed by atoms with van der Waals surface area (Å²) in [4.78, 5) is 19.6. The number of amides is 1. The van der Waals surface area contributed by atoms with Crippen LogP contribution >= 0.6 is 12.2 Å². The Morgan fingerprint density at radius 2 is 1.89 bits per heavy atom. The van der Waals surface area contributed by atoms with E-state index >= 15 is 0 Å². The molecule has 0 spiro atoms. The number of nitrogens with zero attached hydrogens (tertiary/aromatic N) is 3. The molecule has 0 bridgehead atoms. The molecule has 1 amide bonds. The van der Waals surface area contributed by atoms with E-state index in [1.807, 2.05) is 74.6 Å². The van der Waals surface area contributed by atoms with Gasteiger partial charge in [-0.25, -0.2) is 0 Å². The Bertz CT molecular complexity index is 1420. The summed E-state index contributed by atoms with van der Waals surface area (Å²) >= 11 is 5.78. The molecule has 1 aliphatic heterocycles. The zero-order valence-electron chi connectivity index (χ0n) is 20.8. The molecule has 2 atom stereocenters. The first-order chi connectivity index (χ1) is 17.9. The fourth-order valence-electron chi connectivity index (χ4n) is 4.76. The van der Waals surface area contributed by atoms with Gasteiger partial charge in [0.2, 0.25) is 5.91 Å². The molecule has 4 aromatic rings. The number of phenolic OH excluding ortho intramolecular Hbond substituents is 1. The van der Waals surface area contributed by atoms with Crippen molar-refractivity contribution >= 4 is 28.9 Å². The fourth-order valence-corrected chi connectivity index (χ4v) is 5.09. The standard InChI is InChI=1S/C29H29N5O2S/c1-19-8-9-20(2)24(18-19)31-26(36)14-17-34-28(27(32-29(34)37)23-6-3-4-15-30-23)25-7-5-16-33(25)21-10-12-22(35)13-11-21/h3-13,15-16,18,27-28,35H,14,17H2,1-2H3,(H,31,36)(H,32,37). The highest BCUT2D eigenvalue weighted by Gasteiger charge is 2.41. The number of hydrogen-bond donors (Lipinski definition) is 3. The summed E-state index contributed by atoms with van der Waals surface area (Å²) in [7, 11) is 0. The smallest absolute Gasteiger partial charge is 0.226 e. The van der Waals surface area contributed by atoms with Crippen molar-refractivity contribution in [2.24, 2.45) is 0 Å². The zero-order valence-corrected chi connectivity index (χ0v) is 21.6. The van der Waals surface area contributed by atoms with Gasteiger partial charge in [-0.3, -0.25) is 9.78 Å². The molecule has 0 aliphatic carbocycles. The first-order valence-electron chi connectivity index (χ1n) is 12.2. The highest BCUT2D eigenvalue weighted by Crippen LogP contribution is 2.39. The lowest BCUT2D eigenvalue weighted by Crippen LogP contribution is -2.33. The van der Waals surface area contributed by atoms with Crippen molar-refractivity contribution in [3.63, 3.8) is 0 Å². The summed E-state index contributed by atoms with van der Waals surface area (Å²) in [6.07, 6.45) is 4.04. The number of aryl methyl sites for hydroxylation is 2.